The Labute approximate surface area is 93.2 Å². The fourth-order valence-electron chi connectivity index (χ4n) is 1.30. The van der Waals surface area contributed by atoms with Gasteiger partial charge in [-0.25, -0.2) is 9.97 Å². The number of alkyl halides is 1. The van der Waals surface area contributed by atoms with E-state index in [9.17, 15) is 0 Å². The minimum Gasteiger partial charge on any atom is -0.253 e. The molecule has 15 heavy (non-hydrogen) atoms. The Hall–Kier alpha value is -1.48. The van der Waals surface area contributed by atoms with E-state index < -0.39 is 0 Å². The Morgan fingerprint density at radius 3 is 2.80 bits per heavy atom. The lowest BCUT2D eigenvalue weighted by Crippen LogP contribution is -1.96. The zero-order valence-corrected chi connectivity index (χ0v) is 9.07. The summed E-state index contributed by atoms with van der Waals surface area (Å²) in [6.07, 6.45) is 3.44. The lowest BCUT2D eigenvalue weighted by atomic mass is 10.2. The van der Waals surface area contributed by atoms with Crippen molar-refractivity contribution < 1.29 is 0 Å². The Morgan fingerprint density at radius 2 is 2.07 bits per heavy atom. The molecule has 0 saturated heterocycles. The highest BCUT2D eigenvalue weighted by Crippen LogP contribution is 2.16. The van der Waals surface area contributed by atoms with Crippen LogP contribution in [0.1, 0.15) is 11.3 Å². The fourth-order valence-corrected chi connectivity index (χ4v) is 1.45. The highest BCUT2D eigenvalue weighted by Gasteiger charge is 2.05. The Bertz CT molecular complexity index is 471. The predicted molar refractivity (Wildman–Crippen MR) is 59.6 cm³/mol. The van der Waals surface area contributed by atoms with Crippen molar-refractivity contribution in [1.29, 1.82) is 0 Å². The Kier molecular flexibility index (Phi) is 2.92. The van der Waals surface area contributed by atoms with Crippen molar-refractivity contribution >= 4 is 11.6 Å². The van der Waals surface area contributed by atoms with Crippen LogP contribution in [0.3, 0.4) is 0 Å². The zero-order valence-electron chi connectivity index (χ0n) is 8.31. The number of aromatic nitrogens is 3. The smallest absolute Gasteiger partial charge is 0.178 e. The molecular formula is C11H10ClN3. The summed E-state index contributed by atoms with van der Waals surface area (Å²) in [5.41, 5.74) is 2.68. The fraction of sp³-hybridized carbons (Fsp3) is 0.182. The van der Waals surface area contributed by atoms with Crippen molar-refractivity contribution in [3.05, 3.63) is 41.9 Å². The van der Waals surface area contributed by atoms with Crippen molar-refractivity contribution in [3.8, 4) is 11.5 Å². The monoisotopic (exact) mass is 219 g/mol. The summed E-state index contributed by atoms with van der Waals surface area (Å²) in [6, 6.07) is 5.68. The topological polar surface area (TPSA) is 38.7 Å². The number of halogens is 1. The van der Waals surface area contributed by atoms with E-state index >= 15 is 0 Å². The summed E-state index contributed by atoms with van der Waals surface area (Å²) in [7, 11) is 0. The van der Waals surface area contributed by atoms with Crippen LogP contribution in [0.25, 0.3) is 11.5 Å². The van der Waals surface area contributed by atoms with Crippen molar-refractivity contribution in [3.63, 3.8) is 0 Å². The predicted octanol–water partition coefficient (Wildman–Crippen LogP) is 2.59. The molecule has 0 saturated carbocycles. The van der Waals surface area contributed by atoms with E-state index in [1.54, 1.807) is 18.5 Å². The number of rotatable bonds is 2. The number of aryl methyl sites for hydroxylation is 1. The molecule has 0 aliphatic carbocycles. The molecule has 0 amide bonds. The van der Waals surface area contributed by atoms with Gasteiger partial charge < -0.3 is 0 Å². The van der Waals surface area contributed by atoms with E-state index in [0.717, 1.165) is 17.0 Å². The molecule has 0 unspecified atom stereocenters. The van der Waals surface area contributed by atoms with E-state index in [0.29, 0.717) is 11.7 Å². The first-order valence-electron chi connectivity index (χ1n) is 4.61. The average Bonchev–Trinajstić information content (AvgIpc) is 2.30. The van der Waals surface area contributed by atoms with Crippen LogP contribution < -0.4 is 0 Å². The maximum atomic E-state index is 5.72. The van der Waals surface area contributed by atoms with Gasteiger partial charge in [-0.2, -0.15) is 0 Å². The van der Waals surface area contributed by atoms with E-state index in [1.165, 1.54) is 0 Å². The van der Waals surface area contributed by atoms with E-state index in [4.69, 9.17) is 11.6 Å². The molecule has 0 spiro atoms. The van der Waals surface area contributed by atoms with Gasteiger partial charge in [-0.15, -0.1) is 11.6 Å². The van der Waals surface area contributed by atoms with Crippen LogP contribution in [0, 0.1) is 6.92 Å². The van der Waals surface area contributed by atoms with Gasteiger partial charge >= 0.3 is 0 Å². The average molecular weight is 220 g/mol. The minimum absolute atomic E-state index is 0.390. The summed E-state index contributed by atoms with van der Waals surface area (Å²) >= 11 is 5.72. The summed E-state index contributed by atoms with van der Waals surface area (Å²) in [5.74, 6) is 1.02. The molecule has 2 heterocycles. The van der Waals surface area contributed by atoms with Crippen molar-refractivity contribution in [1.82, 2.24) is 15.0 Å². The second-order valence-electron chi connectivity index (χ2n) is 3.17. The molecule has 0 radical (unpaired) electrons. The van der Waals surface area contributed by atoms with Crippen LogP contribution in [0.2, 0.25) is 0 Å². The van der Waals surface area contributed by atoms with Gasteiger partial charge in [-0.05, 0) is 24.6 Å². The second kappa shape index (κ2) is 4.36. The van der Waals surface area contributed by atoms with Gasteiger partial charge in [-0.1, -0.05) is 6.07 Å². The van der Waals surface area contributed by atoms with Gasteiger partial charge in [0.15, 0.2) is 5.82 Å². The van der Waals surface area contributed by atoms with Crippen LogP contribution in [-0.2, 0) is 5.88 Å². The lowest BCUT2D eigenvalue weighted by molar-refractivity contribution is 1.07. The standard InChI is InChI=1S/C11H10ClN3/c1-8-3-2-5-13-10(8)11-14-6-4-9(7-12)15-11/h2-6H,7H2,1H3. The molecule has 0 aliphatic rings. The maximum absolute atomic E-state index is 5.72. The molecule has 0 aromatic carbocycles. The molecule has 0 fully saturated rings. The quantitative estimate of drug-likeness (QED) is 0.729. The normalized spacial score (nSPS) is 10.3. The SMILES string of the molecule is Cc1cccnc1-c1nccc(CCl)n1. The number of pyridine rings is 1. The highest BCUT2D eigenvalue weighted by molar-refractivity contribution is 6.16. The summed E-state index contributed by atoms with van der Waals surface area (Å²) in [4.78, 5) is 12.8. The Morgan fingerprint density at radius 1 is 1.20 bits per heavy atom. The second-order valence-corrected chi connectivity index (χ2v) is 3.44. The third-order valence-corrected chi connectivity index (χ3v) is 2.35. The zero-order chi connectivity index (χ0) is 10.7. The molecule has 2 aromatic heterocycles. The summed E-state index contributed by atoms with van der Waals surface area (Å²) in [5, 5.41) is 0. The number of nitrogens with zero attached hydrogens (tertiary/aromatic N) is 3. The molecule has 4 heteroatoms. The van der Waals surface area contributed by atoms with Gasteiger partial charge in [0.2, 0.25) is 0 Å². The third-order valence-electron chi connectivity index (χ3n) is 2.07. The van der Waals surface area contributed by atoms with Crippen molar-refractivity contribution in [2.24, 2.45) is 0 Å². The van der Waals surface area contributed by atoms with Crippen LogP contribution in [0.15, 0.2) is 30.6 Å². The van der Waals surface area contributed by atoms with Crippen LogP contribution in [0.5, 0.6) is 0 Å². The molecule has 2 aromatic rings. The van der Waals surface area contributed by atoms with Gasteiger partial charge in [0.1, 0.15) is 5.69 Å². The van der Waals surface area contributed by atoms with Crippen LogP contribution in [0.4, 0.5) is 0 Å². The van der Waals surface area contributed by atoms with E-state index in [2.05, 4.69) is 15.0 Å². The van der Waals surface area contributed by atoms with Crippen LogP contribution >= 0.6 is 11.6 Å². The van der Waals surface area contributed by atoms with E-state index in [-0.39, 0.29) is 0 Å². The molecular weight excluding hydrogens is 210 g/mol. The first-order valence-corrected chi connectivity index (χ1v) is 5.14. The molecule has 2 rings (SSSR count). The summed E-state index contributed by atoms with van der Waals surface area (Å²) in [6.45, 7) is 1.99. The number of hydrogen-bond acceptors (Lipinski definition) is 3. The van der Waals surface area contributed by atoms with Gasteiger partial charge in [0.05, 0.1) is 11.6 Å². The molecule has 0 bridgehead atoms. The first kappa shape index (κ1) is 10.1. The highest BCUT2D eigenvalue weighted by atomic mass is 35.5. The first-order chi connectivity index (χ1) is 7.31. The van der Waals surface area contributed by atoms with Gasteiger partial charge in [0, 0.05) is 12.4 Å². The van der Waals surface area contributed by atoms with Crippen molar-refractivity contribution in [2.75, 3.05) is 0 Å². The van der Waals surface area contributed by atoms with E-state index in [1.807, 2.05) is 19.1 Å². The molecule has 0 atom stereocenters. The van der Waals surface area contributed by atoms with Crippen LogP contribution in [-0.4, -0.2) is 15.0 Å². The van der Waals surface area contributed by atoms with Crippen molar-refractivity contribution in [2.45, 2.75) is 12.8 Å². The largest absolute Gasteiger partial charge is 0.253 e. The molecule has 0 aliphatic heterocycles. The lowest BCUT2D eigenvalue weighted by Gasteiger charge is -2.03. The number of hydrogen-bond donors (Lipinski definition) is 0. The summed E-state index contributed by atoms with van der Waals surface area (Å²) < 4.78 is 0. The van der Waals surface area contributed by atoms with Gasteiger partial charge in [-0.3, -0.25) is 4.98 Å². The Balaban J connectivity index is 2.49. The van der Waals surface area contributed by atoms with Gasteiger partial charge in [0.25, 0.3) is 0 Å². The molecule has 0 N–H and O–H groups in total. The molecule has 3 nitrogen and oxygen atoms in total. The minimum atomic E-state index is 0.390. The molecule has 76 valence electrons. The third kappa shape index (κ3) is 2.13. The maximum Gasteiger partial charge on any atom is 0.178 e.